The molecule has 3 rings (SSSR count). The zero-order valence-electron chi connectivity index (χ0n) is 11.4. The van der Waals surface area contributed by atoms with Gasteiger partial charge in [0.1, 0.15) is 0 Å². The lowest BCUT2D eigenvalue weighted by Gasteiger charge is -2.14. The van der Waals surface area contributed by atoms with Crippen LogP contribution in [0.5, 0.6) is 0 Å². The van der Waals surface area contributed by atoms with Crippen LogP contribution in [0.25, 0.3) is 10.9 Å². The molecule has 100 valence electrons. The van der Waals surface area contributed by atoms with Gasteiger partial charge in [-0.05, 0) is 36.1 Å². The van der Waals surface area contributed by atoms with Crippen LogP contribution in [0, 0.1) is 0 Å². The quantitative estimate of drug-likeness (QED) is 0.775. The van der Waals surface area contributed by atoms with E-state index in [-0.39, 0.29) is 6.04 Å². The van der Waals surface area contributed by atoms with Crippen molar-refractivity contribution in [3.05, 3.63) is 78.0 Å². The van der Waals surface area contributed by atoms with Crippen molar-refractivity contribution >= 4 is 10.9 Å². The lowest BCUT2D eigenvalue weighted by atomic mass is 9.97. The first-order valence-electron chi connectivity index (χ1n) is 6.98. The summed E-state index contributed by atoms with van der Waals surface area (Å²) in [6.45, 7) is 0. The van der Waals surface area contributed by atoms with Gasteiger partial charge in [0.05, 0.1) is 5.52 Å². The van der Waals surface area contributed by atoms with Crippen molar-refractivity contribution in [2.24, 2.45) is 5.73 Å². The molecule has 2 heteroatoms. The van der Waals surface area contributed by atoms with Gasteiger partial charge in [0.25, 0.3) is 0 Å². The van der Waals surface area contributed by atoms with Crippen molar-refractivity contribution in [2.45, 2.75) is 18.9 Å². The molecule has 0 spiro atoms. The van der Waals surface area contributed by atoms with E-state index in [1.807, 2.05) is 36.5 Å². The van der Waals surface area contributed by atoms with Gasteiger partial charge >= 0.3 is 0 Å². The second-order valence-electron chi connectivity index (χ2n) is 5.05. The summed E-state index contributed by atoms with van der Waals surface area (Å²) in [4.78, 5) is 4.39. The summed E-state index contributed by atoms with van der Waals surface area (Å²) in [5.41, 5.74) is 9.92. The average Bonchev–Trinajstić information content (AvgIpc) is 2.53. The number of fused-ring (bicyclic) bond motifs is 1. The number of benzene rings is 2. The van der Waals surface area contributed by atoms with Gasteiger partial charge in [0, 0.05) is 17.6 Å². The third kappa shape index (κ3) is 2.70. The van der Waals surface area contributed by atoms with E-state index >= 15 is 0 Å². The minimum Gasteiger partial charge on any atom is -0.324 e. The summed E-state index contributed by atoms with van der Waals surface area (Å²) in [5.74, 6) is 0. The molecule has 2 nitrogen and oxygen atoms in total. The van der Waals surface area contributed by atoms with E-state index < -0.39 is 0 Å². The Labute approximate surface area is 119 Å². The largest absolute Gasteiger partial charge is 0.324 e. The Kier molecular flexibility index (Phi) is 3.75. The molecule has 1 unspecified atom stereocenters. The predicted molar refractivity (Wildman–Crippen MR) is 83.4 cm³/mol. The fourth-order valence-corrected chi connectivity index (χ4v) is 2.56. The molecule has 0 saturated heterocycles. The summed E-state index contributed by atoms with van der Waals surface area (Å²) in [7, 11) is 0. The summed E-state index contributed by atoms with van der Waals surface area (Å²) >= 11 is 0. The van der Waals surface area contributed by atoms with Crippen molar-refractivity contribution in [2.75, 3.05) is 0 Å². The molecule has 0 aliphatic rings. The Morgan fingerprint density at radius 2 is 1.65 bits per heavy atom. The number of aromatic nitrogens is 1. The van der Waals surface area contributed by atoms with Gasteiger partial charge in [0.15, 0.2) is 0 Å². The molecular weight excluding hydrogens is 244 g/mol. The SMILES string of the molecule is NC(CCc1ccccc1)c1ccnc2ccccc12. The third-order valence-electron chi connectivity index (χ3n) is 3.67. The second kappa shape index (κ2) is 5.85. The molecule has 0 aliphatic heterocycles. The van der Waals surface area contributed by atoms with Gasteiger partial charge < -0.3 is 5.73 Å². The molecule has 0 fully saturated rings. The molecule has 0 bridgehead atoms. The molecule has 2 aromatic carbocycles. The predicted octanol–water partition coefficient (Wildman–Crippen LogP) is 3.87. The van der Waals surface area contributed by atoms with Crippen molar-refractivity contribution in [1.29, 1.82) is 0 Å². The Morgan fingerprint density at radius 1 is 0.900 bits per heavy atom. The van der Waals surface area contributed by atoms with Crippen LogP contribution < -0.4 is 5.73 Å². The lowest BCUT2D eigenvalue weighted by Crippen LogP contribution is -2.12. The molecule has 0 aliphatic carbocycles. The molecule has 0 amide bonds. The highest BCUT2D eigenvalue weighted by Crippen LogP contribution is 2.24. The Bertz CT molecular complexity index is 687. The van der Waals surface area contributed by atoms with Crippen molar-refractivity contribution < 1.29 is 0 Å². The number of pyridine rings is 1. The first-order valence-corrected chi connectivity index (χ1v) is 6.98. The van der Waals surface area contributed by atoms with Crippen molar-refractivity contribution in [1.82, 2.24) is 4.98 Å². The summed E-state index contributed by atoms with van der Waals surface area (Å²) < 4.78 is 0. The van der Waals surface area contributed by atoms with Gasteiger partial charge in [0.2, 0.25) is 0 Å². The molecule has 0 saturated carbocycles. The molecule has 3 aromatic rings. The summed E-state index contributed by atoms with van der Waals surface area (Å²) in [5, 5.41) is 1.16. The fourth-order valence-electron chi connectivity index (χ4n) is 2.56. The number of aryl methyl sites for hydroxylation is 1. The van der Waals surface area contributed by atoms with Crippen LogP contribution >= 0.6 is 0 Å². The smallest absolute Gasteiger partial charge is 0.0705 e. The number of nitrogens with two attached hydrogens (primary N) is 1. The molecule has 1 heterocycles. The lowest BCUT2D eigenvalue weighted by molar-refractivity contribution is 0.655. The topological polar surface area (TPSA) is 38.9 Å². The third-order valence-corrected chi connectivity index (χ3v) is 3.67. The van der Waals surface area contributed by atoms with Gasteiger partial charge in [-0.15, -0.1) is 0 Å². The highest BCUT2D eigenvalue weighted by atomic mass is 14.7. The highest BCUT2D eigenvalue weighted by molar-refractivity contribution is 5.82. The Morgan fingerprint density at radius 3 is 2.50 bits per heavy atom. The van der Waals surface area contributed by atoms with Gasteiger partial charge in [-0.3, -0.25) is 4.98 Å². The van der Waals surface area contributed by atoms with Crippen LogP contribution in [0.15, 0.2) is 66.9 Å². The fraction of sp³-hybridized carbons (Fsp3) is 0.167. The van der Waals surface area contributed by atoms with Gasteiger partial charge in [-0.2, -0.15) is 0 Å². The van der Waals surface area contributed by atoms with Crippen molar-refractivity contribution in [3.63, 3.8) is 0 Å². The monoisotopic (exact) mass is 262 g/mol. The van der Waals surface area contributed by atoms with E-state index in [2.05, 4.69) is 35.3 Å². The normalized spacial score (nSPS) is 12.4. The average molecular weight is 262 g/mol. The summed E-state index contributed by atoms with van der Waals surface area (Å²) in [6.07, 6.45) is 3.79. The number of hydrogen-bond donors (Lipinski definition) is 1. The van der Waals surface area contributed by atoms with Crippen LogP contribution in [0.4, 0.5) is 0 Å². The first kappa shape index (κ1) is 12.8. The van der Waals surface area contributed by atoms with Gasteiger partial charge in [-0.1, -0.05) is 48.5 Å². The molecule has 1 atom stereocenters. The van der Waals surface area contributed by atoms with Crippen LogP contribution in [0.1, 0.15) is 23.6 Å². The molecule has 1 aromatic heterocycles. The maximum Gasteiger partial charge on any atom is 0.0705 e. The number of para-hydroxylation sites is 1. The number of nitrogens with zero attached hydrogens (tertiary/aromatic N) is 1. The van der Waals surface area contributed by atoms with Gasteiger partial charge in [-0.25, -0.2) is 0 Å². The van der Waals surface area contributed by atoms with Crippen molar-refractivity contribution in [3.8, 4) is 0 Å². The Hall–Kier alpha value is -2.19. The Balaban J connectivity index is 1.80. The molecule has 2 N–H and O–H groups in total. The van der Waals surface area contributed by atoms with Crippen LogP contribution in [-0.4, -0.2) is 4.98 Å². The van der Waals surface area contributed by atoms with E-state index in [1.165, 1.54) is 11.1 Å². The number of rotatable bonds is 4. The minimum absolute atomic E-state index is 0.0445. The van der Waals surface area contributed by atoms with E-state index in [1.54, 1.807) is 0 Å². The standard InChI is InChI=1S/C18H18N2/c19-17(11-10-14-6-2-1-3-7-14)15-12-13-20-18-9-5-4-8-16(15)18/h1-9,12-13,17H,10-11,19H2. The summed E-state index contributed by atoms with van der Waals surface area (Å²) in [6, 6.07) is 20.7. The second-order valence-corrected chi connectivity index (χ2v) is 5.05. The van der Waals surface area contributed by atoms with Crippen LogP contribution in [0.3, 0.4) is 0 Å². The molecule has 20 heavy (non-hydrogen) atoms. The molecular formula is C18H18N2. The number of hydrogen-bond acceptors (Lipinski definition) is 2. The highest BCUT2D eigenvalue weighted by Gasteiger charge is 2.10. The van der Waals surface area contributed by atoms with Crippen LogP contribution in [-0.2, 0) is 6.42 Å². The van der Waals surface area contributed by atoms with E-state index in [0.29, 0.717) is 0 Å². The first-order chi connectivity index (χ1) is 9.84. The zero-order chi connectivity index (χ0) is 13.8. The van der Waals surface area contributed by atoms with E-state index in [4.69, 9.17) is 5.73 Å². The maximum atomic E-state index is 6.38. The molecule has 0 radical (unpaired) electrons. The van der Waals surface area contributed by atoms with Crippen LogP contribution in [0.2, 0.25) is 0 Å². The minimum atomic E-state index is 0.0445. The zero-order valence-corrected chi connectivity index (χ0v) is 11.4. The van der Waals surface area contributed by atoms with E-state index in [0.717, 1.165) is 23.7 Å². The maximum absolute atomic E-state index is 6.38. The van der Waals surface area contributed by atoms with E-state index in [9.17, 15) is 0 Å².